The smallest absolute Gasteiger partial charge is 0.264 e. The number of benzene rings is 4. The molecule has 1 atom stereocenters. The molecule has 5 rings (SSSR count). The minimum Gasteiger partial charge on any atom is -0.352 e. The summed E-state index contributed by atoms with van der Waals surface area (Å²) in [6.45, 7) is 1.65. The largest absolute Gasteiger partial charge is 0.352 e. The molecule has 0 bridgehead atoms. The lowest BCUT2D eigenvalue weighted by molar-refractivity contribution is -0.140. The first kappa shape index (κ1) is 33.4. The Morgan fingerprint density at radius 3 is 2.09 bits per heavy atom. The summed E-state index contributed by atoms with van der Waals surface area (Å²) in [6.07, 6.45) is 5.37. The Labute approximate surface area is 280 Å². The fraction of sp³-hybridized carbons (Fsp3) is 0.297. The summed E-state index contributed by atoms with van der Waals surface area (Å²) in [4.78, 5) is 30.5. The Balaban J connectivity index is 1.56. The van der Waals surface area contributed by atoms with E-state index in [1.54, 1.807) is 47.4 Å². The highest BCUT2D eigenvalue weighted by atomic mass is 79.9. The van der Waals surface area contributed by atoms with Gasteiger partial charge in [-0.05, 0) is 72.9 Å². The van der Waals surface area contributed by atoms with Crippen molar-refractivity contribution >= 4 is 43.5 Å². The van der Waals surface area contributed by atoms with E-state index in [4.69, 9.17) is 0 Å². The van der Waals surface area contributed by atoms with Crippen LogP contribution >= 0.6 is 15.9 Å². The van der Waals surface area contributed by atoms with Crippen molar-refractivity contribution in [2.24, 2.45) is 0 Å². The van der Waals surface area contributed by atoms with E-state index in [0.717, 1.165) is 57.6 Å². The normalized spacial score (nSPS) is 14.3. The molecule has 9 heteroatoms. The number of amides is 2. The Kier molecular flexibility index (Phi) is 11.3. The van der Waals surface area contributed by atoms with Gasteiger partial charge in [0, 0.05) is 23.5 Å². The van der Waals surface area contributed by atoms with Crippen LogP contribution in [0.2, 0.25) is 0 Å². The number of aryl methyl sites for hydroxylation is 1. The molecule has 7 nitrogen and oxygen atoms in total. The standard InChI is InChI=1S/C37H40BrN3O4S/c1-28-13-11-12-16-30(28)26-40(35(25-29-14-5-2-6-15-29)37(43)39-32-17-7-3-8-18-32)36(42)27-41(33-23-21-31(38)22-24-33)46(44,45)34-19-9-4-10-20-34/h2,4-6,9-16,19-24,32,35H,3,7-8,17-18,25-27H2,1H3,(H,39,43). The molecule has 1 aliphatic carbocycles. The molecule has 0 aliphatic heterocycles. The number of sulfonamides is 1. The molecule has 1 unspecified atom stereocenters. The van der Waals surface area contributed by atoms with Gasteiger partial charge in [0.25, 0.3) is 10.0 Å². The average Bonchev–Trinajstić information content (AvgIpc) is 3.07. The first-order valence-corrected chi connectivity index (χ1v) is 18.0. The fourth-order valence-corrected chi connectivity index (χ4v) is 7.62. The van der Waals surface area contributed by atoms with Gasteiger partial charge < -0.3 is 10.2 Å². The maximum absolute atomic E-state index is 14.6. The minimum atomic E-state index is -4.13. The summed E-state index contributed by atoms with van der Waals surface area (Å²) in [5, 5.41) is 3.25. The van der Waals surface area contributed by atoms with Crippen molar-refractivity contribution in [2.45, 2.75) is 69.0 Å². The Morgan fingerprint density at radius 2 is 1.43 bits per heavy atom. The van der Waals surface area contributed by atoms with E-state index >= 15 is 0 Å². The van der Waals surface area contributed by atoms with E-state index in [2.05, 4.69) is 21.2 Å². The predicted molar refractivity (Wildman–Crippen MR) is 186 cm³/mol. The maximum atomic E-state index is 14.6. The third-order valence-electron chi connectivity index (χ3n) is 8.55. The third-order valence-corrected chi connectivity index (χ3v) is 10.9. The van der Waals surface area contributed by atoms with E-state index in [9.17, 15) is 18.0 Å². The molecule has 1 fully saturated rings. The SMILES string of the molecule is Cc1ccccc1CN(C(=O)CN(c1ccc(Br)cc1)S(=O)(=O)c1ccccc1)C(Cc1ccccc1)C(=O)NC1CCCCC1. The zero-order valence-electron chi connectivity index (χ0n) is 26.0. The van der Waals surface area contributed by atoms with Gasteiger partial charge in [-0.2, -0.15) is 0 Å². The minimum absolute atomic E-state index is 0.0488. The Morgan fingerprint density at radius 1 is 0.826 bits per heavy atom. The van der Waals surface area contributed by atoms with Gasteiger partial charge in [0.05, 0.1) is 10.6 Å². The number of hydrogen-bond acceptors (Lipinski definition) is 4. The lowest BCUT2D eigenvalue weighted by atomic mass is 9.94. The zero-order valence-corrected chi connectivity index (χ0v) is 28.4. The van der Waals surface area contributed by atoms with Gasteiger partial charge in [-0.15, -0.1) is 0 Å². The van der Waals surface area contributed by atoms with E-state index in [1.165, 1.54) is 12.1 Å². The summed E-state index contributed by atoms with van der Waals surface area (Å²) in [6, 6.07) is 31.5. The van der Waals surface area contributed by atoms with Crippen LogP contribution in [-0.4, -0.2) is 43.8 Å². The number of rotatable bonds is 12. The van der Waals surface area contributed by atoms with E-state index in [1.807, 2.05) is 61.5 Å². The lowest BCUT2D eigenvalue weighted by Gasteiger charge is -2.35. The van der Waals surface area contributed by atoms with Crippen molar-refractivity contribution in [3.05, 3.63) is 130 Å². The fourth-order valence-electron chi connectivity index (χ4n) is 5.93. The van der Waals surface area contributed by atoms with Crippen LogP contribution in [0.3, 0.4) is 0 Å². The van der Waals surface area contributed by atoms with Gasteiger partial charge in [0.2, 0.25) is 11.8 Å². The summed E-state index contributed by atoms with van der Waals surface area (Å²) >= 11 is 3.43. The third kappa shape index (κ3) is 8.44. The first-order valence-electron chi connectivity index (χ1n) is 15.7. The molecule has 0 saturated heterocycles. The van der Waals surface area contributed by atoms with Gasteiger partial charge in [0.15, 0.2) is 0 Å². The van der Waals surface area contributed by atoms with Crippen LogP contribution in [0.25, 0.3) is 0 Å². The molecule has 0 heterocycles. The second-order valence-electron chi connectivity index (χ2n) is 11.8. The van der Waals surface area contributed by atoms with Crippen molar-refractivity contribution in [2.75, 3.05) is 10.8 Å². The number of anilines is 1. The van der Waals surface area contributed by atoms with Crippen LogP contribution in [0.1, 0.15) is 48.8 Å². The monoisotopic (exact) mass is 701 g/mol. The first-order chi connectivity index (χ1) is 22.2. The number of carbonyl (C=O) groups is 2. The Bertz CT molecular complexity index is 1710. The van der Waals surface area contributed by atoms with Gasteiger partial charge in [0.1, 0.15) is 12.6 Å². The second kappa shape index (κ2) is 15.6. The summed E-state index contributed by atoms with van der Waals surface area (Å²) < 4.78 is 30.1. The Hall–Kier alpha value is -3.95. The van der Waals surface area contributed by atoms with Crippen molar-refractivity contribution in [1.29, 1.82) is 0 Å². The molecule has 4 aromatic rings. The van der Waals surface area contributed by atoms with Crippen LogP contribution in [-0.2, 0) is 32.6 Å². The number of nitrogens with zero attached hydrogens (tertiary/aromatic N) is 2. The van der Waals surface area contributed by atoms with Crippen molar-refractivity contribution in [3.8, 4) is 0 Å². The van der Waals surface area contributed by atoms with Crippen LogP contribution in [0.5, 0.6) is 0 Å². The van der Waals surface area contributed by atoms with Gasteiger partial charge >= 0.3 is 0 Å². The maximum Gasteiger partial charge on any atom is 0.264 e. The van der Waals surface area contributed by atoms with E-state index in [-0.39, 0.29) is 23.4 Å². The van der Waals surface area contributed by atoms with Crippen LogP contribution < -0.4 is 9.62 Å². The van der Waals surface area contributed by atoms with Crippen molar-refractivity contribution in [1.82, 2.24) is 10.2 Å². The quantitative estimate of drug-likeness (QED) is 0.172. The number of hydrogen-bond donors (Lipinski definition) is 1. The lowest BCUT2D eigenvalue weighted by Crippen LogP contribution is -2.55. The molecule has 1 aliphatic rings. The number of halogens is 1. The van der Waals surface area contributed by atoms with Gasteiger partial charge in [-0.3, -0.25) is 13.9 Å². The molecule has 240 valence electrons. The second-order valence-corrected chi connectivity index (χ2v) is 14.6. The predicted octanol–water partition coefficient (Wildman–Crippen LogP) is 7.04. The van der Waals surface area contributed by atoms with Crippen molar-refractivity contribution in [3.63, 3.8) is 0 Å². The molecule has 1 saturated carbocycles. The molecule has 4 aromatic carbocycles. The zero-order chi connectivity index (χ0) is 32.5. The highest BCUT2D eigenvalue weighted by molar-refractivity contribution is 9.10. The van der Waals surface area contributed by atoms with Gasteiger partial charge in [-0.25, -0.2) is 8.42 Å². The summed E-state index contributed by atoms with van der Waals surface area (Å²) in [5.74, 6) is -0.691. The molecule has 0 spiro atoms. The summed E-state index contributed by atoms with van der Waals surface area (Å²) in [7, 11) is -4.13. The highest BCUT2D eigenvalue weighted by Crippen LogP contribution is 2.27. The van der Waals surface area contributed by atoms with Crippen LogP contribution in [0, 0.1) is 6.92 Å². The summed E-state index contributed by atoms with van der Waals surface area (Å²) in [5.41, 5.74) is 3.13. The topological polar surface area (TPSA) is 86.8 Å². The van der Waals surface area contributed by atoms with Gasteiger partial charge in [-0.1, -0.05) is 108 Å². The molecule has 0 aromatic heterocycles. The van der Waals surface area contributed by atoms with Crippen LogP contribution in [0.15, 0.2) is 119 Å². The highest BCUT2D eigenvalue weighted by Gasteiger charge is 2.35. The molecular weight excluding hydrogens is 662 g/mol. The molecule has 1 N–H and O–H groups in total. The molecular formula is C37H40BrN3O4S. The van der Waals surface area contributed by atoms with E-state index in [0.29, 0.717) is 12.1 Å². The molecule has 2 amide bonds. The number of carbonyl (C=O) groups excluding carboxylic acids is 2. The van der Waals surface area contributed by atoms with Crippen molar-refractivity contribution < 1.29 is 18.0 Å². The average molecular weight is 703 g/mol. The van der Waals surface area contributed by atoms with E-state index < -0.39 is 28.5 Å². The number of nitrogens with one attached hydrogen (secondary N) is 1. The van der Waals surface area contributed by atoms with Crippen LogP contribution in [0.4, 0.5) is 5.69 Å². The molecule has 0 radical (unpaired) electrons. The molecule has 46 heavy (non-hydrogen) atoms.